The van der Waals surface area contributed by atoms with Gasteiger partial charge in [-0.05, 0) is 109 Å². The van der Waals surface area contributed by atoms with Gasteiger partial charge in [-0.25, -0.2) is 0 Å². The monoisotopic (exact) mass is 717 g/mol. The molecule has 0 fully saturated rings. The van der Waals surface area contributed by atoms with E-state index in [1.54, 1.807) is 0 Å². The minimum absolute atomic E-state index is 0.789. The van der Waals surface area contributed by atoms with Crippen LogP contribution in [0.1, 0.15) is 18.4 Å². The Balaban J connectivity index is 0.000000200. The molecule has 0 saturated heterocycles. The predicted octanol–water partition coefficient (Wildman–Crippen LogP) is 15.0. The van der Waals surface area contributed by atoms with Crippen molar-refractivity contribution in [1.29, 1.82) is 0 Å². The zero-order chi connectivity index (χ0) is 37.4. The molecule has 9 aromatic carbocycles. The highest BCUT2D eigenvalue weighted by Gasteiger charge is 2.16. The molecule has 0 spiro atoms. The lowest BCUT2D eigenvalue weighted by molar-refractivity contribution is 0.670. The summed E-state index contributed by atoms with van der Waals surface area (Å²) in [5.74, 6) is 0. The second-order valence-electron chi connectivity index (χ2n) is 14.5. The Labute approximate surface area is 326 Å². The normalized spacial score (nSPS) is 12.6. The number of anilines is 1. The molecular weight excluding hydrogens is 679 g/mol. The lowest BCUT2D eigenvalue weighted by Gasteiger charge is -2.15. The van der Waals surface area contributed by atoms with Gasteiger partial charge < -0.3 is 10.2 Å². The van der Waals surface area contributed by atoms with Crippen LogP contribution in [-0.2, 0) is 0 Å². The van der Waals surface area contributed by atoms with Crippen LogP contribution in [0.4, 0.5) is 5.69 Å². The number of hydrogen-bond acceptors (Lipinski definition) is 2. The van der Waals surface area contributed by atoms with Crippen molar-refractivity contribution in [2.45, 2.75) is 12.8 Å². The first-order valence-corrected chi connectivity index (χ1v) is 19.4. The molecule has 0 bridgehead atoms. The number of nitrogens with two attached hydrogens (primary N) is 1. The van der Waals surface area contributed by atoms with Gasteiger partial charge in [0.2, 0.25) is 0 Å². The number of furan rings is 1. The molecule has 1 aromatic heterocycles. The summed E-state index contributed by atoms with van der Waals surface area (Å²) >= 11 is 0. The van der Waals surface area contributed by atoms with Crippen molar-refractivity contribution >= 4 is 65.5 Å². The second kappa shape index (κ2) is 14.2. The van der Waals surface area contributed by atoms with E-state index in [9.17, 15) is 0 Å². The molecule has 0 saturated carbocycles. The zero-order valence-electron chi connectivity index (χ0n) is 31.0. The van der Waals surface area contributed by atoms with Crippen molar-refractivity contribution < 1.29 is 4.42 Å². The molecule has 0 amide bonds. The number of fused-ring (bicyclic) bond motifs is 6. The maximum absolute atomic E-state index is 6.47. The maximum atomic E-state index is 6.47. The van der Waals surface area contributed by atoms with E-state index in [0.29, 0.717) is 0 Å². The fraction of sp³-hybridized carbons (Fsp3) is 0.0370. The predicted molar refractivity (Wildman–Crippen MR) is 240 cm³/mol. The molecular formula is C54H39NO. The smallest absolute Gasteiger partial charge is 0.143 e. The Morgan fingerprint density at radius 1 is 0.393 bits per heavy atom. The van der Waals surface area contributed by atoms with Gasteiger partial charge in [0.05, 0.1) is 0 Å². The average molecular weight is 718 g/mol. The van der Waals surface area contributed by atoms with Gasteiger partial charge in [-0.3, -0.25) is 0 Å². The van der Waals surface area contributed by atoms with E-state index < -0.39 is 0 Å². The molecule has 1 aliphatic rings. The van der Waals surface area contributed by atoms with Crippen LogP contribution in [0, 0.1) is 0 Å². The van der Waals surface area contributed by atoms with Gasteiger partial charge in [0, 0.05) is 27.4 Å². The largest absolute Gasteiger partial charge is 0.455 e. The maximum Gasteiger partial charge on any atom is 0.143 e. The van der Waals surface area contributed by atoms with Crippen molar-refractivity contribution in [1.82, 2.24) is 0 Å². The Bertz CT molecular complexity index is 3150. The van der Waals surface area contributed by atoms with E-state index in [1.165, 1.54) is 50.2 Å². The third-order valence-electron chi connectivity index (χ3n) is 11.1. The Morgan fingerprint density at radius 2 is 0.911 bits per heavy atom. The van der Waals surface area contributed by atoms with E-state index in [-0.39, 0.29) is 0 Å². The van der Waals surface area contributed by atoms with E-state index >= 15 is 0 Å². The van der Waals surface area contributed by atoms with E-state index in [4.69, 9.17) is 10.2 Å². The minimum Gasteiger partial charge on any atom is -0.455 e. The SMILES string of the molecule is C1=CC(c2cccc3ccccc23)=CCC1.Nc1ccc(-c2cc(-c3cccc4ccccc34)cc(-c3cccc4c3oc3ccccc34)c2)c2ccccc12. The number of benzene rings is 9. The summed E-state index contributed by atoms with van der Waals surface area (Å²) in [5, 5.41) is 9.60. The second-order valence-corrected chi connectivity index (χ2v) is 14.5. The Kier molecular flexibility index (Phi) is 8.50. The van der Waals surface area contributed by atoms with Crippen LogP contribution in [0.15, 0.2) is 205 Å². The fourth-order valence-electron chi connectivity index (χ4n) is 8.41. The van der Waals surface area contributed by atoms with Crippen LogP contribution in [0.25, 0.3) is 93.2 Å². The molecule has 0 atom stereocenters. The van der Waals surface area contributed by atoms with Gasteiger partial charge in [-0.2, -0.15) is 0 Å². The first-order chi connectivity index (χ1) is 27.7. The van der Waals surface area contributed by atoms with Crippen LogP contribution in [0.3, 0.4) is 0 Å². The molecule has 11 rings (SSSR count). The molecule has 0 aliphatic heterocycles. The molecule has 2 N–H and O–H groups in total. The van der Waals surface area contributed by atoms with Crippen LogP contribution < -0.4 is 5.73 Å². The van der Waals surface area contributed by atoms with E-state index in [1.807, 2.05) is 24.3 Å². The highest BCUT2D eigenvalue weighted by atomic mass is 16.3. The van der Waals surface area contributed by atoms with Crippen molar-refractivity contribution in [3.63, 3.8) is 0 Å². The fourth-order valence-corrected chi connectivity index (χ4v) is 8.41. The number of rotatable bonds is 4. The summed E-state index contributed by atoms with van der Waals surface area (Å²) in [6.45, 7) is 0. The van der Waals surface area contributed by atoms with E-state index in [2.05, 4.69) is 176 Å². The zero-order valence-corrected chi connectivity index (χ0v) is 31.0. The number of para-hydroxylation sites is 2. The van der Waals surface area contributed by atoms with Gasteiger partial charge in [-0.1, -0.05) is 170 Å². The lowest BCUT2D eigenvalue weighted by Crippen LogP contribution is -1.91. The molecule has 2 heteroatoms. The average Bonchev–Trinajstić information content (AvgIpc) is 3.66. The van der Waals surface area contributed by atoms with Crippen molar-refractivity contribution in [2.75, 3.05) is 5.73 Å². The van der Waals surface area contributed by atoms with Crippen molar-refractivity contribution in [2.24, 2.45) is 0 Å². The molecule has 2 nitrogen and oxygen atoms in total. The summed E-state index contributed by atoms with van der Waals surface area (Å²) in [6, 6.07) is 64.3. The minimum atomic E-state index is 0.789. The number of hydrogen-bond donors (Lipinski definition) is 1. The third-order valence-corrected chi connectivity index (χ3v) is 11.1. The van der Waals surface area contributed by atoms with Gasteiger partial charge in [0.15, 0.2) is 0 Å². The number of allylic oxidation sites excluding steroid dienone is 4. The van der Waals surface area contributed by atoms with Crippen LogP contribution in [0.5, 0.6) is 0 Å². The molecule has 266 valence electrons. The quantitative estimate of drug-likeness (QED) is 0.184. The molecule has 1 aliphatic carbocycles. The Morgan fingerprint density at radius 3 is 1.62 bits per heavy atom. The molecule has 10 aromatic rings. The first kappa shape index (κ1) is 33.4. The van der Waals surface area contributed by atoms with E-state index in [0.717, 1.165) is 67.1 Å². The summed E-state index contributed by atoms with van der Waals surface area (Å²) < 4.78 is 6.47. The van der Waals surface area contributed by atoms with Gasteiger partial charge in [0.25, 0.3) is 0 Å². The van der Waals surface area contributed by atoms with Crippen molar-refractivity contribution in [3.05, 3.63) is 206 Å². The highest BCUT2D eigenvalue weighted by Crippen LogP contribution is 2.42. The Hall–Kier alpha value is -7.16. The van der Waals surface area contributed by atoms with Gasteiger partial charge >= 0.3 is 0 Å². The summed E-state index contributed by atoms with van der Waals surface area (Å²) in [6.07, 6.45) is 9.17. The van der Waals surface area contributed by atoms with Gasteiger partial charge in [0.1, 0.15) is 11.2 Å². The van der Waals surface area contributed by atoms with Gasteiger partial charge in [-0.15, -0.1) is 0 Å². The first-order valence-electron chi connectivity index (χ1n) is 19.4. The standard InChI is InChI=1S/C38H25NO.C16H14/c39-36-20-19-30(32-12-3-4-13-33(32)36)26-21-25(29-15-7-10-24-9-1-2-11-28(24)29)22-27(23-26)31-16-8-17-35-34-14-5-6-18-37(34)40-38(31)35;1-2-7-13(8-3-1)16-12-6-10-14-9-4-5-11-15(14)16/h1-23H,39H2;2,4-12H,1,3H2. The third kappa shape index (κ3) is 6.02. The number of nitrogen functional groups attached to an aromatic ring is 1. The molecule has 0 unspecified atom stereocenters. The highest BCUT2D eigenvalue weighted by molar-refractivity contribution is 6.11. The summed E-state index contributed by atoms with van der Waals surface area (Å²) in [5.41, 5.74) is 18.6. The molecule has 1 heterocycles. The summed E-state index contributed by atoms with van der Waals surface area (Å²) in [4.78, 5) is 0. The van der Waals surface area contributed by atoms with Crippen LogP contribution in [0.2, 0.25) is 0 Å². The van der Waals surface area contributed by atoms with Crippen LogP contribution in [-0.4, -0.2) is 0 Å². The lowest BCUT2D eigenvalue weighted by atomic mass is 9.89. The molecule has 0 radical (unpaired) electrons. The molecule has 56 heavy (non-hydrogen) atoms. The van der Waals surface area contributed by atoms with Crippen LogP contribution >= 0.6 is 0 Å². The summed E-state index contributed by atoms with van der Waals surface area (Å²) in [7, 11) is 0. The topological polar surface area (TPSA) is 39.2 Å². The van der Waals surface area contributed by atoms with Crippen molar-refractivity contribution in [3.8, 4) is 33.4 Å².